The Labute approximate surface area is 179 Å². The molecular formula is C21H27FN4O3S. The van der Waals surface area contributed by atoms with Crippen LogP contribution in [0.2, 0.25) is 0 Å². The Morgan fingerprint density at radius 3 is 2.70 bits per heavy atom. The molecule has 162 valence electrons. The van der Waals surface area contributed by atoms with Crippen molar-refractivity contribution in [1.29, 1.82) is 0 Å². The number of carbonyl (C=O) groups excluding carboxylic acids is 1. The topological polar surface area (TPSA) is 77.0 Å². The van der Waals surface area contributed by atoms with Crippen molar-refractivity contribution in [3.05, 3.63) is 51.7 Å². The number of hydrogen-bond donors (Lipinski definition) is 1. The molecule has 2 amide bonds. The minimum atomic E-state index is -0.250. The van der Waals surface area contributed by atoms with Crippen LogP contribution in [0.15, 0.2) is 29.6 Å². The molecule has 1 aromatic heterocycles. The van der Waals surface area contributed by atoms with Crippen molar-refractivity contribution in [2.75, 3.05) is 33.7 Å². The number of halogens is 1. The Morgan fingerprint density at radius 1 is 1.37 bits per heavy atom. The van der Waals surface area contributed by atoms with Crippen LogP contribution in [0, 0.1) is 24.6 Å². The van der Waals surface area contributed by atoms with Gasteiger partial charge in [0.2, 0.25) is 0 Å². The highest BCUT2D eigenvalue weighted by Crippen LogP contribution is 2.45. The van der Waals surface area contributed by atoms with E-state index in [1.54, 1.807) is 42.5 Å². The third kappa shape index (κ3) is 4.79. The lowest BCUT2D eigenvalue weighted by atomic mass is 9.89. The van der Waals surface area contributed by atoms with Crippen LogP contribution in [0.4, 0.5) is 9.18 Å². The smallest absolute Gasteiger partial charge is 0.320 e. The molecule has 0 radical (unpaired) electrons. The number of nitrogens with zero attached hydrogens (tertiary/aromatic N) is 4. The van der Waals surface area contributed by atoms with E-state index in [1.807, 2.05) is 17.9 Å². The van der Waals surface area contributed by atoms with E-state index in [0.717, 1.165) is 42.4 Å². The van der Waals surface area contributed by atoms with Crippen molar-refractivity contribution in [1.82, 2.24) is 19.7 Å². The summed E-state index contributed by atoms with van der Waals surface area (Å²) in [5.74, 6) is 0.471. The first-order valence-corrected chi connectivity index (χ1v) is 10.7. The summed E-state index contributed by atoms with van der Waals surface area (Å²) in [6.07, 6.45) is 0. The van der Waals surface area contributed by atoms with Crippen molar-refractivity contribution in [3.63, 3.8) is 0 Å². The molecule has 30 heavy (non-hydrogen) atoms. The molecule has 0 spiro atoms. The average Bonchev–Trinajstić information content (AvgIpc) is 3.36. The van der Waals surface area contributed by atoms with Gasteiger partial charge >= 0.3 is 6.03 Å². The summed E-state index contributed by atoms with van der Waals surface area (Å²) in [5, 5.41) is 10.1. The molecule has 7 nitrogen and oxygen atoms in total. The summed E-state index contributed by atoms with van der Waals surface area (Å²) in [7, 11) is 3.55. The molecule has 2 aromatic rings. The molecule has 2 aliphatic heterocycles. The number of likely N-dealkylation sites (tertiary alicyclic amines) is 2. The first-order valence-electron chi connectivity index (χ1n) is 9.78. The zero-order valence-corrected chi connectivity index (χ0v) is 18.2. The number of carboxylic acid groups (broad SMARTS) is 1. The van der Waals surface area contributed by atoms with Gasteiger partial charge in [-0.3, -0.25) is 9.69 Å². The van der Waals surface area contributed by atoms with Crippen molar-refractivity contribution < 1.29 is 19.1 Å². The number of urea groups is 1. The number of thiazole rings is 1. The number of aryl methyl sites for hydroxylation is 1. The van der Waals surface area contributed by atoms with Gasteiger partial charge in [0.15, 0.2) is 0 Å². The maximum atomic E-state index is 13.9. The maximum Gasteiger partial charge on any atom is 0.320 e. The van der Waals surface area contributed by atoms with Crippen LogP contribution in [-0.2, 0) is 11.3 Å². The van der Waals surface area contributed by atoms with E-state index in [1.165, 1.54) is 6.07 Å². The lowest BCUT2D eigenvalue weighted by Crippen LogP contribution is -2.41. The average molecular weight is 435 g/mol. The number of benzene rings is 1. The molecule has 2 fully saturated rings. The van der Waals surface area contributed by atoms with Crippen molar-refractivity contribution >= 4 is 23.8 Å². The second kappa shape index (κ2) is 9.53. The van der Waals surface area contributed by atoms with Gasteiger partial charge in [-0.25, -0.2) is 14.2 Å². The second-order valence-corrected chi connectivity index (χ2v) is 8.97. The van der Waals surface area contributed by atoms with E-state index < -0.39 is 0 Å². The molecule has 3 heterocycles. The van der Waals surface area contributed by atoms with E-state index in [9.17, 15) is 9.18 Å². The largest absolute Gasteiger partial charge is 0.483 e. The molecular weight excluding hydrogens is 407 g/mol. The first kappa shape index (κ1) is 22.2. The highest BCUT2D eigenvalue weighted by molar-refractivity contribution is 7.09. The van der Waals surface area contributed by atoms with E-state index in [0.29, 0.717) is 11.8 Å². The van der Waals surface area contributed by atoms with Crippen LogP contribution in [0.1, 0.15) is 22.3 Å². The summed E-state index contributed by atoms with van der Waals surface area (Å²) in [6, 6.07) is 6.64. The van der Waals surface area contributed by atoms with Gasteiger partial charge in [-0.05, 0) is 30.5 Å². The Morgan fingerprint density at radius 2 is 2.10 bits per heavy atom. The van der Waals surface area contributed by atoms with Gasteiger partial charge in [-0.15, -0.1) is 11.3 Å². The van der Waals surface area contributed by atoms with Crippen LogP contribution < -0.4 is 0 Å². The highest BCUT2D eigenvalue weighted by atomic mass is 32.1. The van der Waals surface area contributed by atoms with Crippen molar-refractivity contribution in [2.45, 2.75) is 19.5 Å². The first-order chi connectivity index (χ1) is 14.3. The van der Waals surface area contributed by atoms with E-state index in [4.69, 9.17) is 9.90 Å². The molecule has 2 aliphatic rings. The predicted molar refractivity (Wildman–Crippen MR) is 113 cm³/mol. The van der Waals surface area contributed by atoms with Gasteiger partial charge in [0, 0.05) is 51.6 Å². The molecule has 0 saturated carbocycles. The molecule has 9 heteroatoms. The number of carbonyl (C=O) groups is 2. The number of fused-ring (bicyclic) bond motifs is 1. The molecule has 4 rings (SSSR count). The zero-order valence-electron chi connectivity index (χ0n) is 17.4. The predicted octanol–water partition coefficient (Wildman–Crippen LogP) is 3.08. The Balaban J connectivity index is 0.000000806. The monoisotopic (exact) mass is 434 g/mol. The summed E-state index contributed by atoms with van der Waals surface area (Å²) in [4.78, 5) is 31.7. The summed E-state index contributed by atoms with van der Waals surface area (Å²) in [6.45, 7) is 5.19. The van der Waals surface area contributed by atoms with Crippen LogP contribution >= 0.6 is 11.3 Å². The number of aromatic nitrogens is 1. The van der Waals surface area contributed by atoms with Gasteiger partial charge in [0.1, 0.15) is 5.82 Å². The SMILES string of the molecule is Cc1nc(CN2C[C@@H]3CN(C(=O)N(C)C)[C@@H](c4cccc(F)c4)[C@@H]3C2)cs1.O=CO. The molecule has 1 N–H and O–H groups in total. The van der Waals surface area contributed by atoms with Crippen LogP contribution in [0.5, 0.6) is 0 Å². The van der Waals surface area contributed by atoms with Crippen LogP contribution in [-0.4, -0.2) is 71.0 Å². The van der Waals surface area contributed by atoms with Gasteiger partial charge in [-0.2, -0.15) is 0 Å². The maximum absolute atomic E-state index is 13.9. The Bertz CT molecular complexity index is 891. The highest BCUT2D eigenvalue weighted by Gasteiger charge is 2.49. The lowest BCUT2D eigenvalue weighted by molar-refractivity contribution is -0.122. The van der Waals surface area contributed by atoms with E-state index in [-0.39, 0.29) is 24.4 Å². The fraction of sp³-hybridized carbons (Fsp3) is 0.476. The molecule has 3 atom stereocenters. The molecule has 2 saturated heterocycles. The number of amides is 2. The fourth-order valence-corrected chi connectivity index (χ4v) is 5.15. The molecule has 0 bridgehead atoms. The normalized spacial score (nSPS) is 22.9. The molecule has 0 unspecified atom stereocenters. The zero-order chi connectivity index (χ0) is 21.8. The van der Waals surface area contributed by atoms with E-state index >= 15 is 0 Å². The molecule has 0 aliphatic carbocycles. The number of rotatable bonds is 3. The second-order valence-electron chi connectivity index (χ2n) is 7.91. The summed E-state index contributed by atoms with van der Waals surface area (Å²) >= 11 is 1.68. The third-order valence-electron chi connectivity index (χ3n) is 5.61. The van der Waals surface area contributed by atoms with Gasteiger partial charge < -0.3 is 14.9 Å². The van der Waals surface area contributed by atoms with Gasteiger partial charge in [-0.1, -0.05) is 12.1 Å². The third-order valence-corrected chi connectivity index (χ3v) is 6.43. The van der Waals surface area contributed by atoms with E-state index in [2.05, 4.69) is 15.3 Å². The standard InChI is InChI=1S/C20H25FN4OS.CH2O2/c1-13-22-17(12-27-13)10-24-8-15-9-25(20(26)23(2)3)19(18(15)11-24)14-5-4-6-16(21)7-14;2-1-3/h4-7,12,15,18-19H,8-11H2,1-3H3;1H,(H,2,3)/t15-,18-,19+;/m1./s1. The summed E-state index contributed by atoms with van der Waals surface area (Å²) in [5.41, 5.74) is 2.00. The van der Waals surface area contributed by atoms with Crippen LogP contribution in [0.25, 0.3) is 0 Å². The van der Waals surface area contributed by atoms with Gasteiger partial charge in [0.05, 0.1) is 16.7 Å². The minimum Gasteiger partial charge on any atom is -0.483 e. The minimum absolute atomic E-state index is 0.000312. The van der Waals surface area contributed by atoms with Crippen molar-refractivity contribution in [2.24, 2.45) is 11.8 Å². The Kier molecular flexibility index (Phi) is 7.04. The lowest BCUT2D eigenvalue weighted by Gasteiger charge is -2.31. The fourth-order valence-electron chi connectivity index (χ4n) is 4.55. The quantitative estimate of drug-likeness (QED) is 0.752. The molecule has 1 aromatic carbocycles. The Hall–Kier alpha value is -2.52. The van der Waals surface area contributed by atoms with Crippen LogP contribution in [0.3, 0.4) is 0 Å². The van der Waals surface area contributed by atoms with Gasteiger partial charge in [0.25, 0.3) is 6.47 Å². The number of hydrogen-bond acceptors (Lipinski definition) is 5. The van der Waals surface area contributed by atoms with Crippen molar-refractivity contribution in [3.8, 4) is 0 Å². The summed E-state index contributed by atoms with van der Waals surface area (Å²) < 4.78 is 13.9.